The van der Waals surface area contributed by atoms with Crippen molar-refractivity contribution < 1.29 is 4.74 Å². The summed E-state index contributed by atoms with van der Waals surface area (Å²) in [6, 6.07) is 3.75. The number of ether oxygens (including phenoxy) is 1. The number of nitrogens with zero attached hydrogens (tertiary/aromatic N) is 2. The van der Waals surface area contributed by atoms with Crippen molar-refractivity contribution in [1.29, 1.82) is 0 Å². The normalized spacial score (nSPS) is 10.9. The minimum Gasteiger partial charge on any atom is -0.383 e. The Morgan fingerprint density at radius 1 is 1.47 bits per heavy atom. The van der Waals surface area contributed by atoms with Gasteiger partial charge < -0.3 is 10.1 Å². The zero-order chi connectivity index (χ0) is 12.7. The van der Waals surface area contributed by atoms with Gasteiger partial charge in [-0.05, 0) is 18.7 Å². The van der Waals surface area contributed by atoms with Crippen LogP contribution in [0.4, 0.5) is 5.82 Å². The molecule has 96 valence electrons. The first-order valence-corrected chi connectivity index (χ1v) is 6.13. The van der Waals surface area contributed by atoms with Crippen molar-refractivity contribution in [2.24, 2.45) is 0 Å². The second kappa shape index (κ2) is 7.48. The standard InChI is InChI=1S/C12H20ClN3O/c1-4-16(7-8-17-3)9-11-10(13)5-6-12(14-2)15-11/h5-6H,4,7-9H2,1-3H3,(H,14,15). The first-order valence-electron chi connectivity index (χ1n) is 5.75. The second-order valence-electron chi connectivity index (χ2n) is 3.74. The lowest BCUT2D eigenvalue weighted by molar-refractivity contribution is 0.147. The van der Waals surface area contributed by atoms with Gasteiger partial charge in [0.2, 0.25) is 0 Å². The fraction of sp³-hybridized carbons (Fsp3) is 0.583. The Labute approximate surface area is 108 Å². The molecule has 0 unspecified atom stereocenters. The van der Waals surface area contributed by atoms with Crippen molar-refractivity contribution in [3.63, 3.8) is 0 Å². The number of pyridine rings is 1. The molecule has 0 aromatic carbocycles. The predicted octanol–water partition coefficient (Wildman–Crippen LogP) is 2.25. The first kappa shape index (κ1) is 14.2. The van der Waals surface area contributed by atoms with Crippen LogP contribution in [0.25, 0.3) is 0 Å². The summed E-state index contributed by atoms with van der Waals surface area (Å²) in [5.74, 6) is 0.840. The van der Waals surface area contributed by atoms with Crippen molar-refractivity contribution in [1.82, 2.24) is 9.88 Å². The van der Waals surface area contributed by atoms with Crippen LogP contribution >= 0.6 is 11.6 Å². The average Bonchev–Trinajstić information content (AvgIpc) is 2.36. The molecule has 0 aliphatic rings. The van der Waals surface area contributed by atoms with E-state index in [0.717, 1.165) is 37.8 Å². The highest BCUT2D eigenvalue weighted by Gasteiger charge is 2.08. The molecule has 4 nitrogen and oxygen atoms in total. The Morgan fingerprint density at radius 2 is 2.24 bits per heavy atom. The number of halogens is 1. The number of rotatable bonds is 7. The summed E-state index contributed by atoms with van der Waals surface area (Å²) < 4.78 is 5.08. The number of hydrogen-bond donors (Lipinski definition) is 1. The van der Waals surface area contributed by atoms with Gasteiger partial charge in [0.15, 0.2) is 0 Å². The van der Waals surface area contributed by atoms with Gasteiger partial charge in [0.1, 0.15) is 5.82 Å². The number of nitrogens with one attached hydrogen (secondary N) is 1. The van der Waals surface area contributed by atoms with Gasteiger partial charge in [-0.3, -0.25) is 4.90 Å². The number of likely N-dealkylation sites (N-methyl/N-ethyl adjacent to an activating group) is 1. The van der Waals surface area contributed by atoms with Crippen LogP contribution in [-0.2, 0) is 11.3 Å². The Kier molecular flexibility index (Phi) is 6.26. The fourth-order valence-electron chi connectivity index (χ4n) is 1.52. The summed E-state index contributed by atoms with van der Waals surface area (Å²) in [5.41, 5.74) is 0.900. The summed E-state index contributed by atoms with van der Waals surface area (Å²) in [4.78, 5) is 6.71. The average molecular weight is 258 g/mol. The summed E-state index contributed by atoms with van der Waals surface area (Å²) in [7, 11) is 3.56. The molecule has 0 radical (unpaired) electrons. The van der Waals surface area contributed by atoms with Crippen LogP contribution in [0.3, 0.4) is 0 Å². The van der Waals surface area contributed by atoms with Crippen LogP contribution in [-0.4, -0.2) is 43.7 Å². The Morgan fingerprint density at radius 3 is 2.82 bits per heavy atom. The van der Waals surface area contributed by atoms with Crippen LogP contribution < -0.4 is 5.32 Å². The lowest BCUT2D eigenvalue weighted by Gasteiger charge is -2.20. The van der Waals surface area contributed by atoms with Gasteiger partial charge in [-0.15, -0.1) is 0 Å². The van der Waals surface area contributed by atoms with E-state index in [0.29, 0.717) is 5.02 Å². The highest BCUT2D eigenvalue weighted by atomic mass is 35.5. The molecule has 1 aromatic rings. The zero-order valence-electron chi connectivity index (χ0n) is 10.7. The Hall–Kier alpha value is -0.840. The first-order chi connectivity index (χ1) is 8.21. The van der Waals surface area contributed by atoms with Gasteiger partial charge in [-0.1, -0.05) is 18.5 Å². The van der Waals surface area contributed by atoms with Gasteiger partial charge in [0.05, 0.1) is 17.3 Å². The van der Waals surface area contributed by atoms with E-state index in [9.17, 15) is 0 Å². The molecule has 0 aliphatic heterocycles. The van der Waals surface area contributed by atoms with E-state index >= 15 is 0 Å². The molecule has 0 saturated carbocycles. The molecule has 0 bridgehead atoms. The van der Waals surface area contributed by atoms with E-state index in [2.05, 4.69) is 22.1 Å². The van der Waals surface area contributed by atoms with Crippen LogP contribution in [0.5, 0.6) is 0 Å². The van der Waals surface area contributed by atoms with Gasteiger partial charge in [0, 0.05) is 27.2 Å². The molecule has 0 fully saturated rings. The summed E-state index contributed by atoms with van der Waals surface area (Å²) in [6.45, 7) is 5.41. The van der Waals surface area contributed by atoms with E-state index in [4.69, 9.17) is 16.3 Å². The van der Waals surface area contributed by atoms with E-state index in [-0.39, 0.29) is 0 Å². The van der Waals surface area contributed by atoms with Crippen LogP contribution in [0.15, 0.2) is 12.1 Å². The molecule has 1 aromatic heterocycles. The molecule has 0 atom stereocenters. The molecular formula is C12H20ClN3O. The zero-order valence-corrected chi connectivity index (χ0v) is 11.4. The molecular weight excluding hydrogens is 238 g/mol. The van der Waals surface area contributed by atoms with Gasteiger partial charge in [-0.25, -0.2) is 4.98 Å². The SMILES string of the molecule is CCN(CCOC)Cc1nc(NC)ccc1Cl. The molecule has 0 spiro atoms. The van der Waals surface area contributed by atoms with E-state index < -0.39 is 0 Å². The molecule has 1 heterocycles. The minimum atomic E-state index is 0.708. The molecule has 17 heavy (non-hydrogen) atoms. The largest absolute Gasteiger partial charge is 0.383 e. The third-order valence-corrected chi connectivity index (χ3v) is 2.95. The lowest BCUT2D eigenvalue weighted by Crippen LogP contribution is -2.27. The van der Waals surface area contributed by atoms with Gasteiger partial charge in [-0.2, -0.15) is 0 Å². The second-order valence-corrected chi connectivity index (χ2v) is 4.14. The highest BCUT2D eigenvalue weighted by Crippen LogP contribution is 2.18. The molecule has 1 rings (SSSR count). The maximum absolute atomic E-state index is 6.14. The Balaban J connectivity index is 2.70. The quantitative estimate of drug-likeness (QED) is 0.813. The third-order valence-electron chi connectivity index (χ3n) is 2.61. The number of methoxy groups -OCH3 is 1. The van der Waals surface area contributed by atoms with Crippen molar-refractivity contribution in [2.45, 2.75) is 13.5 Å². The molecule has 0 amide bonds. The minimum absolute atomic E-state index is 0.708. The van der Waals surface area contributed by atoms with Gasteiger partial charge >= 0.3 is 0 Å². The monoisotopic (exact) mass is 257 g/mol. The lowest BCUT2D eigenvalue weighted by atomic mass is 10.3. The number of anilines is 1. The highest BCUT2D eigenvalue weighted by molar-refractivity contribution is 6.31. The molecule has 0 aliphatic carbocycles. The van der Waals surface area contributed by atoms with Crippen LogP contribution in [0, 0.1) is 0 Å². The molecule has 0 saturated heterocycles. The maximum Gasteiger partial charge on any atom is 0.126 e. The van der Waals surface area contributed by atoms with Crippen molar-refractivity contribution in [3.8, 4) is 0 Å². The summed E-state index contributed by atoms with van der Waals surface area (Å²) in [6.07, 6.45) is 0. The topological polar surface area (TPSA) is 37.4 Å². The van der Waals surface area contributed by atoms with E-state index in [1.54, 1.807) is 7.11 Å². The Bertz CT molecular complexity index is 347. The van der Waals surface area contributed by atoms with E-state index in [1.807, 2.05) is 19.2 Å². The van der Waals surface area contributed by atoms with Crippen molar-refractivity contribution in [3.05, 3.63) is 22.8 Å². The predicted molar refractivity (Wildman–Crippen MR) is 71.6 cm³/mol. The van der Waals surface area contributed by atoms with E-state index in [1.165, 1.54) is 0 Å². The van der Waals surface area contributed by atoms with Crippen LogP contribution in [0.1, 0.15) is 12.6 Å². The smallest absolute Gasteiger partial charge is 0.126 e. The number of aromatic nitrogens is 1. The summed E-state index contributed by atoms with van der Waals surface area (Å²) >= 11 is 6.14. The maximum atomic E-state index is 6.14. The third kappa shape index (κ3) is 4.50. The summed E-state index contributed by atoms with van der Waals surface area (Å²) in [5, 5.41) is 3.72. The van der Waals surface area contributed by atoms with Crippen molar-refractivity contribution >= 4 is 17.4 Å². The molecule has 5 heteroatoms. The molecule has 1 N–H and O–H groups in total. The van der Waals surface area contributed by atoms with Crippen LogP contribution in [0.2, 0.25) is 5.02 Å². The number of hydrogen-bond acceptors (Lipinski definition) is 4. The van der Waals surface area contributed by atoms with Crippen molar-refractivity contribution in [2.75, 3.05) is 39.2 Å². The fourth-order valence-corrected chi connectivity index (χ4v) is 1.68. The van der Waals surface area contributed by atoms with Gasteiger partial charge in [0.25, 0.3) is 0 Å².